The van der Waals surface area contributed by atoms with Crippen molar-refractivity contribution in [2.45, 2.75) is 38.3 Å². The van der Waals surface area contributed by atoms with Gasteiger partial charge in [-0.1, -0.05) is 30.3 Å². The summed E-state index contributed by atoms with van der Waals surface area (Å²) in [5, 5.41) is 3.35. The van der Waals surface area contributed by atoms with Gasteiger partial charge in [0, 0.05) is 6.42 Å². The van der Waals surface area contributed by atoms with Gasteiger partial charge in [-0.05, 0) is 50.8 Å². The molecule has 1 aliphatic heterocycles. The van der Waals surface area contributed by atoms with Crippen molar-refractivity contribution in [3.8, 4) is 0 Å². The minimum Gasteiger partial charge on any atom is -0.316 e. The summed E-state index contributed by atoms with van der Waals surface area (Å²) in [5.41, 5.74) is 0.0201. The molecule has 2 atom stereocenters. The molecule has 0 amide bonds. The zero-order valence-corrected chi connectivity index (χ0v) is 10.6. The fourth-order valence-electron chi connectivity index (χ4n) is 2.79. The van der Waals surface area contributed by atoms with Crippen molar-refractivity contribution in [1.29, 1.82) is 0 Å². The van der Waals surface area contributed by atoms with E-state index in [-0.39, 0.29) is 0 Å². The number of hydrogen-bond donors (Lipinski definition) is 1. The number of nitrogens with one attached hydrogen (secondary N) is 1. The number of halogens is 1. The van der Waals surface area contributed by atoms with Crippen molar-refractivity contribution < 1.29 is 4.39 Å². The third-order valence-electron chi connectivity index (χ3n) is 3.53. The Morgan fingerprint density at radius 2 is 2.12 bits per heavy atom. The quantitative estimate of drug-likeness (QED) is 0.844. The number of hydrogen-bond acceptors (Lipinski definition) is 1. The highest BCUT2D eigenvalue weighted by Gasteiger charge is 2.28. The van der Waals surface area contributed by atoms with Crippen molar-refractivity contribution in [2.24, 2.45) is 5.92 Å². The maximum atomic E-state index is 14.5. The first-order valence-corrected chi connectivity index (χ1v) is 6.59. The Kier molecular flexibility index (Phi) is 4.16. The van der Waals surface area contributed by atoms with E-state index in [9.17, 15) is 4.39 Å². The SMILES string of the molecule is CC(F)(Cc1ccccc1)CC1CCCNC1. The summed E-state index contributed by atoms with van der Waals surface area (Å²) < 4.78 is 14.5. The molecule has 1 saturated heterocycles. The van der Waals surface area contributed by atoms with Crippen molar-refractivity contribution in [2.75, 3.05) is 13.1 Å². The first-order valence-electron chi connectivity index (χ1n) is 6.59. The lowest BCUT2D eigenvalue weighted by Crippen LogP contribution is -2.35. The van der Waals surface area contributed by atoms with Crippen LogP contribution in [0.1, 0.15) is 31.7 Å². The van der Waals surface area contributed by atoms with Crippen LogP contribution in [0.4, 0.5) is 4.39 Å². The standard InChI is InChI=1S/C15H22FN/c1-15(16,10-13-6-3-2-4-7-13)11-14-8-5-9-17-12-14/h2-4,6-7,14,17H,5,8-12H2,1H3. The first kappa shape index (κ1) is 12.6. The molecule has 0 bridgehead atoms. The second-order valence-corrected chi connectivity index (χ2v) is 5.49. The fourth-order valence-corrected chi connectivity index (χ4v) is 2.79. The van der Waals surface area contributed by atoms with Crippen LogP contribution >= 0.6 is 0 Å². The van der Waals surface area contributed by atoms with E-state index < -0.39 is 5.67 Å². The van der Waals surface area contributed by atoms with E-state index in [1.54, 1.807) is 6.92 Å². The van der Waals surface area contributed by atoms with E-state index in [0.29, 0.717) is 18.8 Å². The molecule has 0 radical (unpaired) electrons. The van der Waals surface area contributed by atoms with Crippen LogP contribution < -0.4 is 5.32 Å². The van der Waals surface area contributed by atoms with Gasteiger partial charge in [0.05, 0.1) is 0 Å². The third kappa shape index (κ3) is 4.12. The van der Waals surface area contributed by atoms with Crippen molar-refractivity contribution in [1.82, 2.24) is 5.32 Å². The molecule has 17 heavy (non-hydrogen) atoms. The number of alkyl halides is 1. The molecule has 1 heterocycles. The van der Waals surface area contributed by atoms with Gasteiger partial charge in [0.1, 0.15) is 5.67 Å². The molecular formula is C15H22FN. The normalized spacial score (nSPS) is 24.2. The van der Waals surface area contributed by atoms with Gasteiger partial charge < -0.3 is 5.32 Å². The van der Waals surface area contributed by atoms with E-state index >= 15 is 0 Å². The van der Waals surface area contributed by atoms with Gasteiger partial charge in [0.25, 0.3) is 0 Å². The van der Waals surface area contributed by atoms with Crippen LogP contribution in [-0.2, 0) is 6.42 Å². The van der Waals surface area contributed by atoms with Gasteiger partial charge in [-0.25, -0.2) is 4.39 Å². The summed E-state index contributed by atoms with van der Waals surface area (Å²) in [4.78, 5) is 0. The molecule has 0 spiro atoms. The predicted octanol–water partition coefficient (Wildman–Crippen LogP) is 3.35. The average molecular weight is 235 g/mol. The largest absolute Gasteiger partial charge is 0.316 e. The molecule has 2 rings (SSSR count). The van der Waals surface area contributed by atoms with Crippen LogP contribution in [0.25, 0.3) is 0 Å². The summed E-state index contributed by atoms with van der Waals surface area (Å²) in [6, 6.07) is 9.96. The minimum absolute atomic E-state index is 0.502. The van der Waals surface area contributed by atoms with Gasteiger partial charge in [0.15, 0.2) is 0 Å². The molecule has 94 valence electrons. The van der Waals surface area contributed by atoms with Crippen LogP contribution in [0.3, 0.4) is 0 Å². The highest BCUT2D eigenvalue weighted by molar-refractivity contribution is 5.16. The Labute approximate surface area is 103 Å². The molecule has 1 fully saturated rings. The Hall–Kier alpha value is -0.890. The predicted molar refractivity (Wildman–Crippen MR) is 69.9 cm³/mol. The lowest BCUT2D eigenvalue weighted by molar-refractivity contribution is 0.134. The summed E-state index contributed by atoms with van der Waals surface area (Å²) >= 11 is 0. The molecule has 2 unspecified atom stereocenters. The summed E-state index contributed by atoms with van der Waals surface area (Å²) in [5.74, 6) is 0.502. The molecular weight excluding hydrogens is 213 g/mol. The van der Waals surface area contributed by atoms with Gasteiger partial charge in [-0.2, -0.15) is 0 Å². The number of benzene rings is 1. The van der Waals surface area contributed by atoms with Crippen LogP contribution in [0.5, 0.6) is 0 Å². The number of piperidine rings is 1. The molecule has 1 aromatic carbocycles. The Morgan fingerprint density at radius 3 is 2.76 bits per heavy atom. The smallest absolute Gasteiger partial charge is 0.112 e. The van der Waals surface area contributed by atoms with Gasteiger partial charge >= 0.3 is 0 Å². The van der Waals surface area contributed by atoms with Gasteiger partial charge in [0.2, 0.25) is 0 Å². The van der Waals surface area contributed by atoms with Crippen molar-refractivity contribution >= 4 is 0 Å². The highest BCUT2D eigenvalue weighted by atomic mass is 19.1. The molecule has 0 aromatic heterocycles. The van der Waals surface area contributed by atoms with E-state index in [4.69, 9.17) is 0 Å². The van der Waals surface area contributed by atoms with Crippen LogP contribution in [0.15, 0.2) is 30.3 Å². The molecule has 1 aliphatic rings. The Bertz CT molecular complexity index is 328. The molecule has 1 nitrogen and oxygen atoms in total. The molecule has 2 heteroatoms. The molecule has 0 saturated carbocycles. The fraction of sp³-hybridized carbons (Fsp3) is 0.600. The maximum absolute atomic E-state index is 14.5. The van der Waals surface area contributed by atoms with Gasteiger partial charge in [-0.15, -0.1) is 0 Å². The van der Waals surface area contributed by atoms with E-state index in [2.05, 4.69) is 5.32 Å². The lowest BCUT2D eigenvalue weighted by Gasteiger charge is -2.29. The minimum atomic E-state index is -1.08. The van der Waals surface area contributed by atoms with E-state index in [1.807, 2.05) is 30.3 Å². The monoisotopic (exact) mass is 235 g/mol. The topological polar surface area (TPSA) is 12.0 Å². The highest BCUT2D eigenvalue weighted by Crippen LogP contribution is 2.28. The Morgan fingerprint density at radius 1 is 1.35 bits per heavy atom. The molecule has 1 N–H and O–H groups in total. The second kappa shape index (κ2) is 5.63. The average Bonchev–Trinajstić information content (AvgIpc) is 2.30. The maximum Gasteiger partial charge on any atom is 0.112 e. The zero-order valence-electron chi connectivity index (χ0n) is 10.6. The second-order valence-electron chi connectivity index (χ2n) is 5.49. The van der Waals surface area contributed by atoms with Crippen molar-refractivity contribution in [3.05, 3.63) is 35.9 Å². The van der Waals surface area contributed by atoms with Crippen LogP contribution in [0, 0.1) is 5.92 Å². The Balaban J connectivity index is 1.89. The summed E-state index contributed by atoms with van der Waals surface area (Å²) in [6.07, 6.45) is 3.56. The first-order chi connectivity index (χ1) is 8.16. The summed E-state index contributed by atoms with van der Waals surface area (Å²) in [6.45, 7) is 3.82. The van der Waals surface area contributed by atoms with Gasteiger partial charge in [-0.3, -0.25) is 0 Å². The lowest BCUT2D eigenvalue weighted by atomic mass is 9.85. The van der Waals surface area contributed by atoms with Crippen LogP contribution in [-0.4, -0.2) is 18.8 Å². The third-order valence-corrected chi connectivity index (χ3v) is 3.53. The molecule has 0 aliphatic carbocycles. The van der Waals surface area contributed by atoms with E-state index in [0.717, 1.165) is 18.7 Å². The van der Waals surface area contributed by atoms with Crippen molar-refractivity contribution in [3.63, 3.8) is 0 Å². The molecule has 1 aromatic rings. The number of rotatable bonds is 4. The van der Waals surface area contributed by atoms with E-state index in [1.165, 1.54) is 12.8 Å². The summed E-state index contributed by atoms with van der Waals surface area (Å²) in [7, 11) is 0. The zero-order chi connectivity index (χ0) is 12.1. The van der Waals surface area contributed by atoms with Crippen LogP contribution in [0.2, 0.25) is 0 Å².